The van der Waals surface area contributed by atoms with E-state index in [1.54, 1.807) is 0 Å². The second-order valence-corrected chi connectivity index (χ2v) is 6.48. The maximum Gasteiger partial charge on any atom is 0.0725 e. The highest BCUT2D eigenvalue weighted by Crippen LogP contribution is 2.12. The van der Waals surface area contributed by atoms with Crippen LogP contribution < -0.4 is 0 Å². The molecule has 1 aromatic heterocycles. The number of unbranched alkanes of at least 4 members (excludes halogenated alkanes) is 2. The van der Waals surface area contributed by atoms with Gasteiger partial charge in [-0.1, -0.05) is 52.2 Å². The van der Waals surface area contributed by atoms with Gasteiger partial charge in [0, 0.05) is 6.54 Å². The first-order valence-corrected chi connectivity index (χ1v) is 7.97. The molecular weight excluding hydrogens is 234 g/mol. The number of hydrogen-bond donors (Lipinski definition) is 0. The van der Waals surface area contributed by atoms with Gasteiger partial charge in [-0.05, 0) is 37.5 Å². The molecule has 1 aromatic rings. The lowest BCUT2D eigenvalue weighted by molar-refractivity contribution is 0.468. The lowest BCUT2D eigenvalue weighted by Gasteiger charge is -2.08. The number of hydrogen-bond acceptors (Lipinski definition) is 2. The highest BCUT2D eigenvalue weighted by Gasteiger charge is 2.04. The molecule has 19 heavy (non-hydrogen) atoms. The smallest absolute Gasteiger partial charge is 0.0725 e. The van der Waals surface area contributed by atoms with Gasteiger partial charge in [0.25, 0.3) is 0 Å². The molecule has 0 aliphatic carbocycles. The molecule has 0 amide bonds. The van der Waals surface area contributed by atoms with Crippen molar-refractivity contribution in [3.05, 3.63) is 11.9 Å². The van der Waals surface area contributed by atoms with Crippen LogP contribution in [0.5, 0.6) is 0 Å². The van der Waals surface area contributed by atoms with Gasteiger partial charge in [-0.3, -0.25) is 0 Å². The molecule has 0 bridgehead atoms. The van der Waals surface area contributed by atoms with Crippen molar-refractivity contribution in [1.29, 1.82) is 0 Å². The lowest BCUT2D eigenvalue weighted by Crippen LogP contribution is -2.06. The summed E-state index contributed by atoms with van der Waals surface area (Å²) in [7, 11) is 0. The molecule has 110 valence electrons. The minimum absolute atomic E-state index is 0.781. The molecule has 3 nitrogen and oxygen atoms in total. The highest BCUT2D eigenvalue weighted by molar-refractivity contribution is 4.93. The molecule has 0 atom stereocenters. The molecule has 0 aliphatic rings. The van der Waals surface area contributed by atoms with Crippen LogP contribution in [-0.2, 0) is 13.0 Å². The third-order valence-corrected chi connectivity index (χ3v) is 3.56. The predicted molar refractivity (Wildman–Crippen MR) is 81.1 cm³/mol. The topological polar surface area (TPSA) is 30.7 Å². The van der Waals surface area contributed by atoms with Crippen LogP contribution in [0.3, 0.4) is 0 Å². The third kappa shape index (κ3) is 7.34. The van der Waals surface area contributed by atoms with Crippen LogP contribution in [0.4, 0.5) is 0 Å². The monoisotopic (exact) mass is 265 g/mol. The van der Waals surface area contributed by atoms with Gasteiger partial charge < -0.3 is 0 Å². The Morgan fingerprint density at radius 3 is 2.32 bits per heavy atom. The van der Waals surface area contributed by atoms with Crippen LogP contribution in [0.2, 0.25) is 0 Å². The standard InChI is InChI=1S/C16H31N3/c1-14(2)9-6-5-7-11-16-13-17-18-19(16)12-8-10-15(3)4/h13-15H,5-12H2,1-4H3. The first kappa shape index (κ1) is 16.2. The Bertz CT molecular complexity index is 328. The summed E-state index contributed by atoms with van der Waals surface area (Å²) in [5.74, 6) is 1.62. The highest BCUT2D eigenvalue weighted by atomic mass is 15.4. The van der Waals surface area contributed by atoms with Gasteiger partial charge in [0.05, 0.1) is 11.9 Å². The SMILES string of the molecule is CC(C)CCCCCc1cnnn1CCCC(C)C. The van der Waals surface area contributed by atoms with Crippen LogP contribution in [0.1, 0.15) is 71.9 Å². The maximum atomic E-state index is 4.21. The molecule has 0 saturated carbocycles. The Morgan fingerprint density at radius 1 is 0.947 bits per heavy atom. The Hall–Kier alpha value is -0.860. The predicted octanol–water partition coefficient (Wildman–Crippen LogP) is 4.47. The van der Waals surface area contributed by atoms with Crippen molar-refractivity contribution in [3.8, 4) is 0 Å². The fraction of sp³-hybridized carbons (Fsp3) is 0.875. The number of nitrogens with zero attached hydrogens (tertiary/aromatic N) is 3. The van der Waals surface area contributed by atoms with E-state index in [9.17, 15) is 0 Å². The average molecular weight is 265 g/mol. The molecule has 0 radical (unpaired) electrons. The summed E-state index contributed by atoms with van der Waals surface area (Å²) in [6.07, 6.45) is 10.9. The molecule has 0 N–H and O–H groups in total. The van der Waals surface area contributed by atoms with Gasteiger partial charge in [-0.25, -0.2) is 4.68 Å². The zero-order valence-electron chi connectivity index (χ0n) is 13.2. The van der Waals surface area contributed by atoms with Crippen molar-refractivity contribution in [3.63, 3.8) is 0 Å². The van der Waals surface area contributed by atoms with Crippen molar-refractivity contribution >= 4 is 0 Å². The van der Waals surface area contributed by atoms with Crippen LogP contribution >= 0.6 is 0 Å². The van der Waals surface area contributed by atoms with Crippen LogP contribution in [0.15, 0.2) is 6.20 Å². The molecule has 0 saturated heterocycles. The summed E-state index contributed by atoms with van der Waals surface area (Å²) < 4.78 is 2.10. The summed E-state index contributed by atoms with van der Waals surface area (Å²) in [5.41, 5.74) is 1.31. The minimum Gasteiger partial charge on any atom is -0.249 e. The van der Waals surface area contributed by atoms with Crippen molar-refractivity contribution in [1.82, 2.24) is 15.0 Å². The summed E-state index contributed by atoms with van der Waals surface area (Å²) >= 11 is 0. The summed E-state index contributed by atoms with van der Waals surface area (Å²) in [6.45, 7) is 10.2. The zero-order chi connectivity index (χ0) is 14.1. The fourth-order valence-corrected chi connectivity index (χ4v) is 2.35. The Labute approximate surface area is 118 Å². The number of aromatic nitrogens is 3. The van der Waals surface area contributed by atoms with Crippen LogP contribution in [-0.4, -0.2) is 15.0 Å². The molecule has 1 heterocycles. The van der Waals surface area contributed by atoms with Crippen molar-refractivity contribution in [2.75, 3.05) is 0 Å². The van der Waals surface area contributed by atoms with E-state index >= 15 is 0 Å². The van der Waals surface area contributed by atoms with Gasteiger partial charge >= 0.3 is 0 Å². The molecule has 0 fully saturated rings. The molecular formula is C16H31N3. The van der Waals surface area contributed by atoms with E-state index in [2.05, 4.69) is 42.7 Å². The van der Waals surface area contributed by atoms with Crippen molar-refractivity contribution in [2.24, 2.45) is 11.8 Å². The van der Waals surface area contributed by atoms with Crippen LogP contribution in [0, 0.1) is 11.8 Å². The second-order valence-electron chi connectivity index (χ2n) is 6.48. The van der Waals surface area contributed by atoms with Gasteiger partial charge in [0.15, 0.2) is 0 Å². The Kier molecular flexibility index (Phi) is 7.76. The van der Waals surface area contributed by atoms with E-state index in [0.29, 0.717) is 0 Å². The van der Waals surface area contributed by atoms with Crippen molar-refractivity contribution < 1.29 is 0 Å². The number of rotatable bonds is 10. The largest absolute Gasteiger partial charge is 0.249 e. The molecule has 0 aromatic carbocycles. The van der Waals surface area contributed by atoms with E-state index in [1.165, 1.54) is 44.2 Å². The van der Waals surface area contributed by atoms with E-state index < -0.39 is 0 Å². The van der Waals surface area contributed by atoms with Gasteiger partial charge in [-0.2, -0.15) is 0 Å². The minimum atomic E-state index is 0.781. The Morgan fingerprint density at radius 2 is 1.63 bits per heavy atom. The molecule has 0 aliphatic heterocycles. The zero-order valence-corrected chi connectivity index (χ0v) is 13.2. The molecule has 0 unspecified atom stereocenters. The van der Waals surface area contributed by atoms with E-state index in [1.807, 2.05) is 6.20 Å². The van der Waals surface area contributed by atoms with E-state index in [4.69, 9.17) is 0 Å². The van der Waals surface area contributed by atoms with Gasteiger partial charge in [0.1, 0.15) is 0 Å². The van der Waals surface area contributed by atoms with E-state index in [-0.39, 0.29) is 0 Å². The summed E-state index contributed by atoms with van der Waals surface area (Å²) in [4.78, 5) is 0. The van der Waals surface area contributed by atoms with Gasteiger partial charge in [-0.15, -0.1) is 5.10 Å². The van der Waals surface area contributed by atoms with E-state index in [0.717, 1.165) is 24.8 Å². The number of aryl methyl sites for hydroxylation is 2. The first-order chi connectivity index (χ1) is 9.09. The second kappa shape index (κ2) is 9.11. The summed E-state index contributed by atoms with van der Waals surface area (Å²) in [5, 5.41) is 8.27. The maximum absolute atomic E-state index is 4.21. The average Bonchev–Trinajstić information content (AvgIpc) is 2.75. The van der Waals surface area contributed by atoms with Gasteiger partial charge in [0.2, 0.25) is 0 Å². The fourth-order valence-electron chi connectivity index (χ4n) is 2.35. The normalized spacial score (nSPS) is 11.7. The summed E-state index contributed by atoms with van der Waals surface area (Å²) in [6, 6.07) is 0. The van der Waals surface area contributed by atoms with Crippen LogP contribution in [0.25, 0.3) is 0 Å². The molecule has 3 heteroatoms. The van der Waals surface area contributed by atoms with Crippen molar-refractivity contribution in [2.45, 2.75) is 79.2 Å². The molecule has 1 rings (SSSR count). The molecule has 0 spiro atoms. The lowest BCUT2D eigenvalue weighted by atomic mass is 10.0. The Balaban J connectivity index is 2.21. The third-order valence-electron chi connectivity index (χ3n) is 3.56. The first-order valence-electron chi connectivity index (χ1n) is 7.97. The quantitative estimate of drug-likeness (QED) is 0.584.